The summed E-state index contributed by atoms with van der Waals surface area (Å²) in [5.41, 5.74) is 7.92. The Balaban J connectivity index is 1.70. The Morgan fingerprint density at radius 1 is 1.17 bits per heavy atom. The second-order valence-corrected chi connectivity index (χ2v) is 5.86. The number of halogens is 1. The first kappa shape index (κ1) is 16.2. The number of nitrogens with one attached hydrogen (secondary N) is 2. The number of hydrogen-bond donors (Lipinski definition) is 3. The highest BCUT2D eigenvalue weighted by Crippen LogP contribution is 2.22. The first-order chi connectivity index (χ1) is 11.5. The third-order valence-corrected chi connectivity index (χ3v) is 4.02. The molecule has 0 radical (unpaired) electrons. The molecule has 0 unspecified atom stereocenters. The van der Waals surface area contributed by atoms with Crippen molar-refractivity contribution in [3.63, 3.8) is 0 Å². The number of anilines is 2. The van der Waals surface area contributed by atoms with E-state index in [1.807, 2.05) is 6.07 Å². The molecule has 0 bridgehead atoms. The molecule has 1 heterocycles. The number of benzene rings is 2. The molecule has 0 fully saturated rings. The van der Waals surface area contributed by atoms with Crippen LogP contribution in [0.3, 0.4) is 0 Å². The summed E-state index contributed by atoms with van der Waals surface area (Å²) in [6.07, 6.45) is 0. The van der Waals surface area contributed by atoms with Gasteiger partial charge in [0.15, 0.2) is 0 Å². The van der Waals surface area contributed by atoms with E-state index in [4.69, 9.17) is 17.3 Å². The van der Waals surface area contributed by atoms with Gasteiger partial charge in [0.05, 0.1) is 29.5 Å². The largest absolute Gasteiger partial charge is 0.375 e. The SMILES string of the molecule is NC(=O)c1cc(Cl)ccc1NCC(=O)Nc1cccc2nsnc12. The van der Waals surface area contributed by atoms with Crippen LogP contribution >= 0.6 is 23.3 Å². The lowest BCUT2D eigenvalue weighted by Gasteiger charge is -2.11. The van der Waals surface area contributed by atoms with Gasteiger partial charge in [0.25, 0.3) is 5.91 Å². The zero-order valence-corrected chi connectivity index (χ0v) is 13.8. The number of hydrogen-bond acceptors (Lipinski definition) is 6. The highest BCUT2D eigenvalue weighted by molar-refractivity contribution is 7.00. The van der Waals surface area contributed by atoms with Crippen LogP contribution < -0.4 is 16.4 Å². The number of rotatable bonds is 5. The zero-order chi connectivity index (χ0) is 17.1. The van der Waals surface area contributed by atoms with Gasteiger partial charge >= 0.3 is 0 Å². The molecule has 0 spiro atoms. The van der Waals surface area contributed by atoms with Crippen molar-refractivity contribution in [2.75, 3.05) is 17.2 Å². The molecule has 3 rings (SSSR count). The molecule has 24 heavy (non-hydrogen) atoms. The lowest BCUT2D eigenvalue weighted by molar-refractivity contribution is -0.114. The maximum atomic E-state index is 12.1. The Hall–Kier alpha value is -2.71. The standard InChI is InChI=1S/C15H12ClN5O2S/c16-8-4-5-10(9(6-8)15(17)23)18-7-13(22)19-11-2-1-3-12-14(11)21-24-20-12/h1-6,18H,7H2,(H2,17,23)(H,19,22). The van der Waals surface area contributed by atoms with Gasteiger partial charge in [-0.3, -0.25) is 9.59 Å². The van der Waals surface area contributed by atoms with Gasteiger partial charge in [-0.05, 0) is 30.3 Å². The van der Waals surface area contributed by atoms with Gasteiger partial charge in [-0.15, -0.1) is 0 Å². The van der Waals surface area contributed by atoms with Crippen molar-refractivity contribution in [1.29, 1.82) is 0 Å². The van der Waals surface area contributed by atoms with Crippen LogP contribution in [0, 0.1) is 0 Å². The summed E-state index contributed by atoms with van der Waals surface area (Å²) < 4.78 is 8.28. The minimum absolute atomic E-state index is 0.0458. The van der Waals surface area contributed by atoms with Crippen molar-refractivity contribution in [2.24, 2.45) is 5.73 Å². The minimum atomic E-state index is -0.626. The van der Waals surface area contributed by atoms with Crippen LogP contribution in [0.2, 0.25) is 5.02 Å². The summed E-state index contributed by atoms with van der Waals surface area (Å²) >= 11 is 6.93. The van der Waals surface area contributed by atoms with Crippen molar-refractivity contribution in [3.8, 4) is 0 Å². The Morgan fingerprint density at radius 3 is 2.79 bits per heavy atom. The summed E-state index contributed by atoms with van der Waals surface area (Å²) in [5, 5.41) is 6.03. The fraction of sp³-hybridized carbons (Fsp3) is 0.0667. The molecular formula is C15H12ClN5O2S. The van der Waals surface area contributed by atoms with E-state index in [-0.39, 0.29) is 18.0 Å². The van der Waals surface area contributed by atoms with Gasteiger partial charge in [0, 0.05) is 10.7 Å². The van der Waals surface area contributed by atoms with Gasteiger partial charge < -0.3 is 16.4 Å². The molecule has 0 aliphatic heterocycles. The molecule has 3 aromatic rings. The minimum Gasteiger partial charge on any atom is -0.375 e. The molecule has 2 aromatic carbocycles. The summed E-state index contributed by atoms with van der Waals surface area (Å²) in [7, 11) is 0. The van der Waals surface area contributed by atoms with Crippen molar-refractivity contribution < 1.29 is 9.59 Å². The molecule has 7 nitrogen and oxygen atoms in total. The average Bonchev–Trinajstić information content (AvgIpc) is 3.03. The fourth-order valence-corrected chi connectivity index (χ4v) is 2.87. The lowest BCUT2D eigenvalue weighted by Crippen LogP contribution is -2.23. The first-order valence-electron chi connectivity index (χ1n) is 6.89. The Kier molecular flexibility index (Phi) is 4.59. The van der Waals surface area contributed by atoms with Crippen LogP contribution in [-0.2, 0) is 4.79 Å². The van der Waals surface area contributed by atoms with Crippen LogP contribution in [-0.4, -0.2) is 27.1 Å². The molecule has 0 aliphatic rings. The van der Waals surface area contributed by atoms with Crippen LogP contribution in [0.1, 0.15) is 10.4 Å². The molecule has 9 heteroatoms. The zero-order valence-electron chi connectivity index (χ0n) is 12.2. The van der Waals surface area contributed by atoms with Gasteiger partial charge in [0.1, 0.15) is 11.0 Å². The van der Waals surface area contributed by atoms with Crippen molar-refractivity contribution in [3.05, 3.63) is 47.0 Å². The highest BCUT2D eigenvalue weighted by atomic mass is 35.5. The number of nitrogens with zero attached hydrogens (tertiary/aromatic N) is 2. The second kappa shape index (κ2) is 6.81. The molecule has 0 saturated heterocycles. The third kappa shape index (κ3) is 3.44. The van der Waals surface area contributed by atoms with E-state index in [1.54, 1.807) is 24.3 Å². The van der Waals surface area contributed by atoms with Crippen molar-refractivity contribution >= 4 is 57.6 Å². The predicted octanol–water partition coefficient (Wildman–Crippen LogP) is 2.49. The molecule has 2 amide bonds. The quantitative estimate of drug-likeness (QED) is 0.646. The number of carbonyl (C=O) groups excluding carboxylic acids is 2. The smallest absolute Gasteiger partial charge is 0.250 e. The molecule has 4 N–H and O–H groups in total. The topological polar surface area (TPSA) is 110 Å². The summed E-state index contributed by atoms with van der Waals surface area (Å²) in [6.45, 7) is -0.0458. The molecule has 0 saturated carbocycles. The van der Waals surface area contributed by atoms with E-state index in [2.05, 4.69) is 19.4 Å². The van der Waals surface area contributed by atoms with Crippen LogP contribution in [0.25, 0.3) is 11.0 Å². The summed E-state index contributed by atoms with van der Waals surface area (Å²) in [5.74, 6) is -0.917. The van der Waals surface area contributed by atoms with E-state index in [0.29, 0.717) is 21.9 Å². The van der Waals surface area contributed by atoms with Crippen LogP contribution in [0.4, 0.5) is 11.4 Å². The molecule has 0 atom stereocenters. The first-order valence-corrected chi connectivity index (χ1v) is 8.00. The van der Waals surface area contributed by atoms with Crippen molar-refractivity contribution in [1.82, 2.24) is 8.75 Å². The Morgan fingerprint density at radius 2 is 2.00 bits per heavy atom. The highest BCUT2D eigenvalue weighted by Gasteiger charge is 2.12. The fourth-order valence-electron chi connectivity index (χ4n) is 2.15. The monoisotopic (exact) mass is 361 g/mol. The lowest BCUT2D eigenvalue weighted by atomic mass is 10.1. The number of nitrogens with two attached hydrogens (primary N) is 1. The average molecular weight is 362 g/mol. The molecular weight excluding hydrogens is 350 g/mol. The number of amides is 2. The third-order valence-electron chi connectivity index (χ3n) is 3.25. The normalized spacial score (nSPS) is 10.5. The van der Waals surface area contributed by atoms with E-state index >= 15 is 0 Å². The number of primary amides is 1. The Labute approximate surface area is 146 Å². The molecule has 1 aromatic heterocycles. The van der Waals surface area contributed by atoms with E-state index in [1.165, 1.54) is 6.07 Å². The maximum absolute atomic E-state index is 12.1. The van der Waals surface area contributed by atoms with Gasteiger partial charge in [-0.25, -0.2) is 0 Å². The van der Waals surface area contributed by atoms with E-state index in [9.17, 15) is 9.59 Å². The van der Waals surface area contributed by atoms with Gasteiger partial charge in [0.2, 0.25) is 5.91 Å². The van der Waals surface area contributed by atoms with E-state index < -0.39 is 5.91 Å². The molecule has 122 valence electrons. The summed E-state index contributed by atoms with van der Waals surface area (Å²) in [4.78, 5) is 23.6. The van der Waals surface area contributed by atoms with Crippen molar-refractivity contribution in [2.45, 2.75) is 0 Å². The number of fused-ring (bicyclic) bond motifs is 1. The van der Waals surface area contributed by atoms with Gasteiger partial charge in [-0.1, -0.05) is 17.7 Å². The van der Waals surface area contributed by atoms with Gasteiger partial charge in [-0.2, -0.15) is 8.75 Å². The predicted molar refractivity (Wildman–Crippen MR) is 94.5 cm³/mol. The number of aromatic nitrogens is 2. The number of carbonyl (C=O) groups is 2. The second-order valence-electron chi connectivity index (χ2n) is 4.89. The van der Waals surface area contributed by atoms with Crippen LogP contribution in [0.5, 0.6) is 0 Å². The molecule has 0 aliphatic carbocycles. The summed E-state index contributed by atoms with van der Waals surface area (Å²) in [6, 6.07) is 10.0. The Bertz CT molecular complexity index is 927. The van der Waals surface area contributed by atoms with E-state index in [0.717, 1.165) is 17.2 Å². The van der Waals surface area contributed by atoms with Crippen LogP contribution in [0.15, 0.2) is 36.4 Å². The maximum Gasteiger partial charge on any atom is 0.250 e.